The van der Waals surface area contributed by atoms with Gasteiger partial charge in [-0.05, 0) is 67.1 Å². The first-order chi connectivity index (χ1) is 18.3. The topological polar surface area (TPSA) is 124 Å². The molecular weight excluding hydrogens is 498 g/mol. The number of Topliss-reactive ketones (excluding diaryl/α,β-unsaturated/α-hetero) is 1. The number of rotatable bonds is 10. The Balaban J connectivity index is 1.42. The third kappa shape index (κ3) is 5.41. The zero-order valence-electron chi connectivity index (χ0n) is 24.0. The van der Waals surface area contributed by atoms with Gasteiger partial charge in [-0.3, -0.25) is 9.59 Å². The van der Waals surface area contributed by atoms with Crippen molar-refractivity contribution in [2.75, 3.05) is 6.54 Å². The molecule has 8 heteroatoms. The number of amides is 1. The first kappa shape index (κ1) is 29.4. The average Bonchev–Trinajstić information content (AvgIpc) is 3.52. The summed E-state index contributed by atoms with van der Waals surface area (Å²) in [6.07, 6.45) is 3.34. The maximum Gasteiger partial charge on any atom is 0.329 e. The molecule has 0 aromatic heterocycles. The number of benzene rings is 1. The van der Waals surface area contributed by atoms with Crippen LogP contribution in [0.3, 0.4) is 0 Å². The number of ether oxygens (including phenoxy) is 1. The lowest BCUT2D eigenvalue weighted by Crippen LogP contribution is -2.48. The molecule has 39 heavy (non-hydrogen) atoms. The molecule has 1 heterocycles. The maximum absolute atomic E-state index is 13.8. The van der Waals surface area contributed by atoms with Gasteiger partial charge in [0, 0.05) is 30.7 Å². The molecule has 216 valence electrons. The highest BCUT2D eigenvalue weighted by Gasteiger charge is 2.63. The van der Waals surface area contributed by atoms with Crippen LogP contribution in [0.4, 0.5) is 0 Å². The van der Waals surface area contributed by atoms with Gasteiger partial charge in [-0.25, -0.2) is 4.79 Å². The van der Waals surface area contributed by atoms with E-state index < -0.39 is 23.8 Å². The number of aliphatic hydroxyl groups is 1. The number of hydrogen-bond donors (Lipinski definition) is 3. The summed E-state index contributed by atoms with van der Waals surface area (Å²) in [4.78, 5) is 41.9. The van der Waals surface area contributed by atoms with Gasteiger partial charge >= 0.3 is 5.97 Å². The standard InChI is InChI=1S/C31H45NO7/c1-6-18(2)21(17-26(36)25(35)15-19-9-10-23(33)24(34)14-19)28(37)32-13-7-8-22(32)29(38)39-27-16-20-11-12-31(27,5)30(20,3)4/h9-10,14,18,20-22,25,27,33-35H,6-8,11-13,15-17H2,1-5H3. The molecule has 8 nitrogen and oxygen atoms in total. The SMILES string of the molecule is CCC(C)C(CC(=O)C(O)Cc1ccc(O)c(O)c1)C(=O)N1CCCC1C(=O)OC1CC2CCC1(C)C2(C)C. The van der Waals surface area contributed by atoms with Gasteiger partial charge in [0.1, 0.15) is 18.2 Å². The van der Waals surface area contributed by atoms with Crippen molar-refractivity contribution in [2.45, 2.75) is 104 Å². The molecule has 1 aromatic rings. The Kier molecular flexibility index (Phi) is 8.36. The fourth-order valence-corrected chi connectivity index (χ4v) is 7.22. The Morgan fingerprint density at radius 3 is 2.44 bits per heavy atom. The monoisotopic (exact) mass is 543 g/mol. The molecule has 1 aromatic carbocycles. The van der Waals surface area contributed by atoms with Crippen LogP contribution < -0.4 is 0 Å². The van der Waals surface area contributed by atoms with Crippen molar-refractivity contribution in [3.8, 4) is 11.5 Å². The molecule has 0 spiro atoms. The summed E-state index contributed by atoms with van der Waals surface area (Å²) < 4.78 is 6.14. The summed E-state index contributed by atoms with van der Waals surface area (Å²) in [6.45, 7) is 11.1. The van der Waals surface area contributed by atoms with E-state index in [9.17, 15) is 29.7 Å². The Morgan fingerprint density at radius 2 is 1.85 bits per heavy atom. The van der Waals surface area contributed by atoms with Crippen LogP contribution in [0.2, 0.25) is 0 Å². The average molecular weight is 544 g/mol. The zero-order valence-corrected chi connectivity index (χ0v) is 24.0. The molecule has 3 fully saturated rings. The van der Waals surface area contributed by atoms with E-state index in [2.05, 4.69) is 20.8 Å². The van der Waals surface area contributed by atoms with Crippen molar-refractivity contribution < 1.29 is 34.4 Å². The highest BCUT2D eigenvalue weighted by Crippen LogP contribution is 2.66. The number of fused-ring (bicyclic) bond motifs is 2. The molecule has 4 rings (SSSR count). The second kappa shape index (κ2) is 11.1. The number of carbonyl (C=O) groups excluding carboxylic acids is 3. The molecule has 0 radical (unpaired) electrons. The summed E-state index contributed by atoms with van der Waals surface area (Å²) in [5.74, 6) is -1.86. The van der Waals surface area contributed by atoms with Crippen molar-refractivity contribution in [2.24, 2.45) is 28.6 Å². The fraction of sp³-hybridized carbons (Fsp3) is 0.710. The van der Waals surface area contributed by atoms with Crippen LogP contribution in [0.1, 0.15) is 85.1 Å². The van der Waals surface area contributed by atoms with Gasteiger partial charge in [0.2, 0.25) is 5.91 Å². The van der Waals surface area contributed by atoms with Crippen LogP contribution in [0.15, 0.2) is 18.2 Å². The van der Waals surface area contributed by atoms with E-state index in [1.54, 1.807) is 4.90 Å². The van der Waals surface area contributed by atoms with Gasteiger partial charge in [0.25, 0.3) is 0 Å². The quantitative estimate of drug-likeness (QED) is 0.296. The predicted molar refractivity (Wildman–Crippen MR) is 146 cm³/mol. The number of esters is 1. The van der Waals surface area contributed by atoms with Gasteiger partial charge in [-0.15, -0.1) is 0 Å². The third-order valence-corrected chi connectivity index (χ3v) is 10.7. The van der Waals surface area contributed by atoms with E-state index in [4.69, 9.17) is 4.74 Å². The van der Waals surface area contributed by atoms with Crippen molar-refractivity contribution in [1.82, 2.24) is 4.90 Å². The molecule has 3 N–H and O–H groups in total. The molecule has 1 amide bonds. The second-order valence-electron chi connectivity index (χ2n) is 12.9. The van der Waals surface area contributed by atoms with E-state index in [1.165, 1.54) is 18.2 Å². The minimum absolute atomic E-state index is 0.0374. The number of nitrogens with zero attached hydrogens (tertiary/aromatic N) is 1. The van der Waals surface area contributed by atoms with Crippen LogP contribution in [0.25, 0.3) is 0 Å². The molecule has 3 aliphatic rings. The first-order valence-corrected chi connectivity index (χ1v) is 14.5. The van der Waals surface area contributed by atoms with Crippen LogP contribution in [0, 0.1) is 28.6 Å². The van der Waals surface area contributed by atoms with Gasteiger partial charge in [0.15, 0.2) is 17.3 Å². The largest absolute Gasteiger partial charge is 0.504 e. The molecule has 2 aliphatic carbocycles. The lowest BCUT2D eigenvalue weighted by Gasteiger charge is -2.39. The Morgan fingerprint density at radius 1 is 1.13 bits per heavy atom. The zero-order chi connectivity index (χ0) is 28.7. The van der Waals surface area contributed by atoms with E-state index in [0.29, 0.717) is 37.3 Å². The minimum Gasteiger partial charge on any atom is -0.504 e. The van der Waals surface area contributed by atoms with Gasteiger partial charge in [-0.2, -0.15) is 0 Å². The molecular formula is C31H45NO7. The van der Waals surface area contributed by atoms with Crippen molar-refractivity contribution >= 4 is 17.7 Å². The third-order valence-electron chi connectivity index (χ3n) is 10.7. The number of aliphatic hydroxyl groups excluding tert-OH is 1. The smallest absolute Gasteiger partial charge is 0.329 e. The van der Waals surface area contributed by atoms with E-state index in [-0.39, 0.29) is 59.1 Å². The number of hydrogen-bond acceptors (Lipinski definition) is 7. The number of aromatic hydroxyl groups is 2. The molecule has 1 aliphatic heterocycles. The van der Waals surface area contributed by atoms with Crippen molar-refractivity contribution in [3.05, 3.63) is 23.8 Å². The molecule has 7 atom stereocenters. The highest BCUT2D eigenvalue weighted by molar-refractivity contribution is 5.91. The van der Waals surface area contributed by atoms with Crippen molar-refractivity contribution in [1.29, 1.82) is 0 Å². The summed E-state index contributed by atoms with van der Waals surface area (Å²) in [5.41, 5.74) is 0.555. The van der Waals surface area contributed by atoms with Crippen molar-refractivity contribution in [3.63, 3.8) is 0 Å². The first-order valence-electron chi connectivity index (χ1n) is 14.5. The number of ketones is 1. The van der Waals surface area contributed by atoms with Gasteiger partial charge in [-0.1, -0.05) is 47.1 Å². The van der Waals surface area contributed by atoms with Crippen LogP contribution in [0.5, 0.6) is 11.5 Å². The lowest BCUT2D eigenvalue weighted by molar-refractivity contribution is -0.166. The fourth-order valence-electron chi connectivity index (χ4n) is 7.22. The maximum atomic E-state index is 13.8. The molecule has 1 saturated heterocycles. The number of carbonyl (C=O) groups is 3. The van der Waals surface area contributed by atoms with Crippen LogP contribution >= 0.6 is 0 Å². The Hall–Kier alpha value is -2.61. The summed E-state index contributed by atoms with van der Waals surface area (Å²) in [6, 6.07) is 3.50. The summed E-state index contributed by atoms with van der Waals surface area (Å²) >= 11 is 0. The molecule has 2 bridgehead atoms. The summed E-state index contributed by atoms with van der Waals surface area (Å²) in [5, 5.41) is 29.8. The number of phenols is 2. The van der Waals surface area contributed by atoms with E-state index in [1.807, 2.05) is 13.8 Å². The lowest BCUT2D eigenvalue weighted by atomic mass is 9.70. The Bertz CT molecular complexity index is 1100. The highest BCUT2D eigenvalue weighted by atomic mass is 16.5. The minimum atomic E-state index is -1.35. The van der Waals surface area contributed by atoms with Crippen LogP contribution in [-0.4, -0.2) is 62.7 Å². The Labute approximate surface area is 231 Å². The number of phenolic OH excluding ortho intramolecular Hbond substituents is 2. The van der Waals surface area contributed by atoms with Gasteiger partial charge in [0.05, 0.1) is 0 Å². The second-order valence-corrected chi connectivity index (χ2v) is 12.9. The van der Waals surface area contributed by atoms with Gasteiger partial charge < -0.3 is 25.0 Å². The molecule has 2 saturated carbocycles. The predicted octanol–water partition coefficient (Wildman–Crippen LogP) is 4.37. The van der Waals surface area contributed by atoms with Crippen LogP contribution in [-0.2, 0) is 25.5 Å². The van der Waals surface area contributed by atoms with E-state index >= 15 is 0 Å². The number of likely N-dealkylation sites (tertiary alicyclic amines) is 1. The normalized spacial score (nSPS) is 29.7. The molecule has 7 unspecified atom stereocenters. The summed E-state index contributed by atoms with van der Waals surface area (Å²) in [7, 11) is 0. The van der Waals surface area contributed by atoms with E-state index in [0.717, 1.165) is 19.3 Å².